The smallest absolute Gasteiger partial charge is 0.0175 e. The van der Waals surface area contributed by atoms with Crippen LogP contribution in [-0.2, 0) is 0 Å². The fourth-order valence-corrected chi connectivity index (χ4v) is 3.72. The van der Waals surface area contributed by atoms with Crippen LogP contribution in [0.2, 0.25) is 0 Å². The van der Waals surface area contributed by atoms with Crippen LogP contribution in [0.1, 0.15) is 37.2 Å². The fourth-order valence-electron chi connectivity index (χ4n) is 2.56. The van der Waals surface area contributed by atoms with Crippen molar-refractivity contribution in [3.8, 4) is 0 Å². The summed E-state index contributed by atoms with van der Waals surface area (Å²) in [5.41, 5.74) is 1.49. The van der Waals surface area contributed by atoms with Crippen LogP contribution in [0.5, 0.6) is 0 Å². The van der Waals surface area contributed by atoms with Gasteiger partial charge in [0.1, 0.15) is 0 Å². The van der Waals surface area contributed by atoms with Crippen molar-refractivity contribution in [3.63, 3.8) is 0 Å². The van der Waals surface area contributed by atoms with E-state index in [0.717, 1.165) is 11.2 Å². The van der Waals surface area contributed by atoms with Gasteiger partial charge in [0, 0.05) is 9.80 Å². The SMILES string of the molecule is BrCC(c1ccc(Br)cc1)C1CCCC1. The first-order valence-corrected chi connectivity index (χ1v) is 7.54. The van der Waals surface area contributed by atoms with E-state index in [9.17, 15) is 0 Å². The van der Waals surface area contributed by atoms with Crippen molar-refractivity contribution in [2.24, 2.45) is 5.92 Å². The Morgan fingerprint density at radius 2 is 1.73 bits per heavy atom. The zero-order valence-corrected chi connectivity index (χ0v) is 11.9. The van der Waals surface area contributed by atoms with Crippen LogP contribution in [-0.4, -0.2) is 5.33 Å². The maximum absolute atomic E-state index is 3.67. The lowest BCUT2D eigenvalue weighted by Crippen LogP contribution is -2.11. The maximum Gasteiger partial charge on any atom is 0.0175 e. The van der Waals surface area contributed by atoms with Crippen LogP contribution in [0.4, 0.5) is 0 Å². The predicted octanol–water partition coefficient (Wildman–Crippen LogP) is 5.12. The highest BCUT2D eigenvalue weighted by Crippen LogP contribution is 2.38. The Kier molecular flexibility index (Phi) is 4.27. The molecule has 1 aliphatic rings. The molecule has 0 amide bonds. The molecular weight excluding hydrogens is 316 g/mol. The lowest BCUT2D eigenvalue weighted by Gasteiger charge is -2.21. The van der Waals surface area contributed by atoms with E-state index in [1.165, 1.54) is 35.7 Å². The largest absolute Gasteiger partial charge is 0.0921 e. The van der Waals surface area contributed by atoms with E-state index >= 15 is 0 Å². The molecule has 15 heavy (non-hydrogen) atoms. The summed E-state index contributed by atoms with van der Waals surface area (Å²) in [4.78, 5) is 0. The van der Waals surface area contributed by atoms with E-state index in [-0.39, 0.29) is 0 Å². The molecule has 1 aromatic carbocycles. The molecule has 0 saturated heterocycles. The molecule has 0 aliphatic heterocycles. The van der Waals surface area contributed by atoms with Crippen molar-refractivity contribution in [1.82, 2.24) is 0 Å². The average Bonchev–Trinajstić information content (AvgIpc) is 2.75. The first-order valence-electron chi connectivity index (χ1n) is 5.62. The third kappa shape index (κ3) is 2.85. The highest BCUT2D eigenvalue weighted by Gasteiger charge is 2.25. The molecule has 1 unspecified atom stereocenters. The molecular formula is C13H16Br2. The zero-order chi connectivity index (χ0) is 10.7. The summed E-state index contributed by atoms with van der Waals surface area (Å²) in [6.45, 7) is 0. The second-order valence-corrected chi connectivity index (χ2v) is 5.92. The topological polar surface area (TPSA) is 0 Å². The van der Waals surface area contributed by atoms with Gasteiger partial charge in [-0.25, -0.2) is 0 Å². The van der Waals surface area contributed by atoms with Crippen LogP contribution in [0.3, 0.4) is 0 Å². The van der Waals surface area contributed by atoms with E-state index in [1.807, 2.05) is 0 Å². The fraction of sp³-hybridized carbons (Fsp3) is 0.538. The Labute approximate surface area is 109 Å². The summed E-state index contributed by atoms with van der Waals surface area (Å²) in [5, 5.41) is 1.10. The van der Waals surface area contributed by atoms with Gasteiger partial charge >= 0.3 is 0 Å². The molecule has 2 heteroatoms. The Bertz CT molecular complexity index is 299. The number of benzene rings is 1. The molecule has 0 radical (unpaired) electrons. The Hall–Kier alpha value is 0.180. The third-order valence-electron chi connectivity index (χ3n) is 3.43. The number of hydrogen-bond acceptors (Lipinski definition) is 0. The Morgan fingerprint density at radius 1 is 1.13 bits per heavy atom. The van der Waals surface area contributed by atoms with Gasteiger partial charge in [-0.2, -0.15) is 0 Å². The molecule has 1 fully saturated rings. The van der Waals surface area contributed by atoms with Crippen molar-refractivity contribution in [1.29, 1.82) is 0 Å². The summed E-state index contributed by atoms with van der Waals surface area (Å²) in [6.07, 6.45) is 5.66. The van der Waals surface area contributed by atoms with E-state index in [0.29, 0.717) is 5.92 Å². The molecule has 1 saturated carbocycles. The molecule has 0 heterocycles. The van der Waals surface area contributed by atoms with Gasteiger partial charge in [0.15, 0.2) is 0 Å². The zero-order valence-electron chi connectivity index (χ0n) is 8.76. The molecule has 2 rings (SSSR count). The normalized spacial score (nSPS) is 19.3. The quantitative estimate of drug-likeness (QED) is 0.674. The predicted molar refractivity (Wildman–Crippen MR) is 72.6 cm³/mol. The van der Waals surface area contributed by atoms with Gasteiger partial charge in [-0.15, -0.1) is 0 Å². The summed E-state index contributed by atoms with van der Waals surface area (Å²) in [5.74, 6) is 1.60. The molecule has 0 aromatic heterocycles. The van der Waals surface area contributed by atoms with Gasteiger partial charge in [-0.3, -0.25) is 0 Å². The van der Waals surface area contributed by atoms with Crippen LogP contribution < -0.4 is 0 Å². The van der Waals surface area contributed by atoms with Gasteiger partial charge in [0.05, 0.1) is 0 Å². The van der Waals surface area contributed by atoms with Crippen molar-refractivity contribution >= 4 is 31.9 Å². The van der Waals surface area contributed by atoms with Crippen LogP contribution in [0.25, 0.3) is 0 Å². The van der Waals surface area contributed by atoms with Gasteiger partial charge in [0.2, 0.25) is 0 Å². The van der Waals surface area contributed by atoms with Gasteiger partial charge in [0.25, 0.3) is 0 Å². The summed E-state index contributed by atoms with van der Waals surface area (Å²) >= 11 is 7.16. The lowest BCUT2D eigenvalue weighted by atomic mass is 9.86. The Morgan fingerprint density at radius 3 is 2.27 bits per heavy atom. The molecule has 0 N–H and O–H groups in total. The standard InChI is InChI=1S/C13H16Br2/c14-9-13(10-3-1-2-4-10)11-5-7-12(15)8-6-11/h5-8,10,13H,1-4,9H2. The van der Waals surface area contributed by atoms with Gasteiger partial charge in [-0.1, -0.05) is 56.8 Å². The number of alkyl halides is 1. The van der Waals surface area contributed by atoms with Crippen molar-refractivity contribution < 1.29 is 0 Å². The number of rotatable bonds is 3. The maximum atomic E-state index is 3.67. The minimum Gasteiger partial charge on any atom is -0.0921 e. The first-order chi connectivity index (χ1) is 7.31. The Balaban J connectivity index is 2.14. The highest BCUT2D eigenvalue weighted by atomic mass is 79.9. The van der Waals surface area contributed by atoms with Crippen molar-refractivity contribution in [3.05, 3.63) is 34.3 Å². The third-order valence-corrected chi connectivity index (χ3v) is 4.66. The minimum atomic E-state index is 0.709. The molecule has 1 atom stereocenters. The molecule has 1 aromatic rings. The molecule has 0 spiro atoms. The molecule has 82 valence electrons. The van der Waals surface area contributed by atoms with Gasteiger partial charge in [-0.05, 0) is 42.4 Å². The van der Waals surface area contributed by atoms with E-state index < -0.39 is 0 Å². The second-order valence-electron chi connectivity index (χ2n) is 4.36. The second kappa shape index (κ2) is 5.49. The lowest BCUT2D eigenvalue weighted by molar-refractivity contribution is 0.468. The van der Waals surface area contributed by atoms with E-state index in [1.54, 1.807) is 0 Å². The summed E-state index contributed by atoms with van der Waals surface area (Å²) in [7, 11) is 0. The van der Waals surface area contributed by atoms with Crippen LogP contribution >= 0.6 is 31.9 Å². The first kappa shape index (κ1) is 11.7. The highest BCUT2D eigenvalue weighted by molar-refractivity contribution is 9.10. The summed E-state index contributed by atoms with van der Waals surface area (Å²) < 4.78 is 1.17. The average molecular weight is 332 g/mol. The minimum absolute atomic E-state index is 0.709. The number of hydrogen-bond donors (Lipinski definition) is 0. The number of halogens is 2. The van der Waals surface area contributed by atoms with Crippen LogP contribution in [0, 0.1) is 5.92 Å². The monoisotopic (exact) mass is 330 g/mol. The van der Waals surface area contributed by atoms with E-state index in [4.69, 9.17) is 0 Å². The van der Waals surface area contributed by atoms with Crippen molar-refractivity contribution in [2.75, 3.05) is 5.33 Å². The van der Waals surface area contributed by atoms with Crippen LogP contribution in [0.15, 0.2) is 28.7 Å². The van der Waals surface area contributed by atoms with E-state index in [2.05, 4.69) is 56.1 Å². The van der Waals surface area contributed by atoms with Gasteiger partial charge < -0.3 is 0 Å². The summed E-state index contributed by atoms with van der Waals surface area (Å²) in [6, 6.07) is 8.82. The van der Waals surface area contributed by atoms with Crippen molar-refractivity contribution in [2.45, 2.75) is 31.6 Å². The molecule has 0 bridgehead atoms. The molecule has 1 aliphatic carbocycles. The molecule has 0 nitrogen and oxygen atoms in total.